The van der Waals surface area contributed by atoms with Crippen LogP contribution in [-0.4, -0.2) is 23.4 Å². The molecule has 16 heavy (non-hydrogen) atoms. The number of rotatable bonds is 4. The van der Waals surface area contributed by atoms with Crippen molar-refractivity contribution in [1.82, 2.24) is 0 Å². The average Bonchev–Trinajstić information content (AvgIpc) is 2.16. The Bertz CT molecular complexity index is 348. The molecule has 1 atom stereocenters. The highest BCUT2D eigenvalue weighted by Crippen LogP contribution is 2.27. The van der Waals surface area contributed by atoms with Gasteiger partial charge in [-0.1, -0.05) is 18.2 Å². The zero-order valence-electron chi connectivity index (χ0n) is 8.07. The fraction of sp³-hybridized carbons (Fsp3) is 0.300. The maximum Gasteiger partial charge on any atom is 0.425 e. The monoisotopic (exact) mass is 234 g/mol. The van der Waals surface area contributed by atoms with E-state index in [9.17, 15) is 18.0 Å². The number of benzene rings is 1. The van der Waals surface area contributed by atoms with Gasteiger partial charge < -0.3 is 9.84 Å². The lowest BCUT2D eigenvalue weighted by Gasteiger charge is -2.20. The average molecular weight is 234 g/mol. The van der Waals surface area contributed by atoms with E-state index in [1.807, 2.05) is 0 Å². The van der Waals surface area contributed by atoms with Crippen molar-refractivity contribution in [3.05, 3.63) is 30.3 Å². The predicted octanol–water partition coefficient (Wildman–Crippen LogP) is 2.47. The number of hydrogen-bond donors (Lipinski definition) is 1. The summed E-state index contributed by atoms with van der Waals surface area (Å²) in [5.74, 6) is -1.57. The number of alkyl halides is 3. The zero-order chi connectivity index (χ0) is 12.2. The molecule has 0 aromatic heterocycles. The van der Waals surface area contributed by atoms with Gasteiger partial charge in [-0.15, -0.1) is 0 Å². The molecule has 0 aliphatic heterocycles. The Morgan fingerprint density at radius 2 is 1.88 bits per heavy atom. The van der Waals surface area contributed by atoms with Gasteiger partial charge in [-0.25, -0.2) is 0 Å². The SMILES string of the molecule is O=C(O)CC(Oc1ccccc1)C(F)(F)F. The molecule has 0 saturated heterocycles. The van der Waals surface area contributed by atoms with Crippen molar-refractivity contribution >= 4 is 5.97 Å². The highest BCUT2D eigenvalue weighted by molar-refractivity contribution is 5.67. The Balaban J connectivity index is 2.75. The molecular weight excluding hydrogens is 225 g/mol. The maximum atomic E-state index is 12.4. The molecule has 0 aliphatic rings. The summed E-state index contributed by atoms with van der Waals surface area (Å²) in [6.07, 6.45) is -8.14. The molecular formula is C10H9F3O3. The first-order valence-corrected chi connectivity index (χ1v) is 4.40. The molecule has 0 spiro atoms. The molecule has 1 unspecified atom stereocenters. The summed E-state index contributed by atoms with van der Waals surface area (Å²) in [7, 11) is 0. The van der Waals surface area contributed by atoms with E-state index in [1.54, 1.807) is 6.07 Å². The van der Waals surface area contributed by atoms with Gasteiger partial charge in [0.1, 0.15) is 5.75 Å². The molecule has 0 radical (unpaired) electrons. The fourth-order valence-corrected chi connectivity index (χ4v) is 1.05. The molecule has 0 bridgehead atoms. The van der Waals surface area contributed by atoms with E-state index >= 15 is 0 Å². The molecule has 1 aromatic rings. The van der Waals surface area contributed by atoms with Crippen LogP contribution in [0.1, 0.15) is 6.42 Å². The Morgan fingerprint density at radius 3 is 2.31 bits per heavy atom. The van der Waals surface area contributed by atoms with E-state index in [4.69, 9.17) is 5.11 Å². The number of halogens is 3. The van der Waals surface area contributed by atoms with Crippen molar-refractivity contribution in [2.24, 2.45) is 0 Å². The first-order valence-electron chi connectivity index (χ1n) is 4.40. The number of para-hydroxylation sites is 1. The highest BCUT2D eigenvalue weighted by Gasteiger charge is 2.43. The van der Waals surface area contributed by atoms with E-state index in [0.29, 0.717) is 0 Å². The fourth-order valence-electron chi connectivity index (χ4n) is 1.05. The molecule has 0 aliphatic carbocycles. The minimum absolute atomic E-state index is 0.00826. The lowest BCUT2D eigenvalue weighted by atomic mass is 10.2. The number of aliphatic carboxylic acids is 1. The van der Waals surface area contributed by atoms with Crippen molar-refractivity contribution in [1.29, 1.82) is 0 Å². The first-order chi connectivity index (χ1) is 7.39. The normalized spacial score (nSPS) is 13.2. The molecule has 0 amide bonds. The molecule has 3 nitrogen and oxygen atoms in total. The van der Waals surface area contributed by atoms with Crippen LogP contribution in [0.3, 0.4) is 0 Å². The minimum Gasteiger partial charge on any atom is -0.481 e. The van der Waals surface area contributed by atoms with Crippen molar-refractivity contribution in [3.8, 4) is 5.75 Å². The van der Waals surface area contributed by atoms with Crippen molar-refractivity contribution in [2.45, 2.75) is 18.7 Å². The van der Waals surface area contributed by atoms with Gasteiger partial charge >= 0.3 is 12.1 Å². The van der Waals surface area contributed by atoms with Gasteiger partial charge in [0.2, 0.25) is 6.10 Å². The maximum absolute atomic E-state index is 12.4. The van der Waals surface area contributed by atoms with Crippen LogP contribution in [0.5, 0.6) is 5.75 Å². The Kier molecular flexibility index (Phi) is 3.76. The van der Waals surface area contributed by atoms with E-state index < -0.39 is 24.7 Å². The van der Waals surface area contributed by atoms with Gasteiger partial charge in [-0.05, 0) is 12.1 Å². The quantitative estimate of drug-likeness (QED) is 0.870. The summed E-state index contributed by atoms with van der Waals surface area (Å²) < 4.78 is 41.7. The Labute approximate surface area is 89.5 Å². The third-order valence-electron chi connectivity index (χ3n) is 1.75. The van der Waals surface area contributed by atoms with E-state index in [2.05, 4.69) is 4.74 Å². The number of carbonyl (C=O) groups is 1. The largest absolute Gasteiger partial charge is 0.481 e. The number of carboxylic acids is 1. The van der Waals surface area contributed by atoms with Crippen LogP contribution >= 0.6 is 0 Å². The minimum atomic E-state index is -4.70. The van der Waals surface area contributed by atoms with Gasteiger partial charge in [0, 0.05) is 0 Å². The molecule has 88 valence electrons. The van der Waals surface area contributed by atoms with Crippen LogP contribution in [0, 0.1) is 0 Å². The second-order valence-corrected chi connectivity index (χ2v) is 3.06. The van der Waals surface area contributed by atoms with Gasteiger partial charge in [-0.2, -0.15) is 13.2 Å². The summed E-state index contributed by atoms with van der Waals surface area (Å²) in [4.78, 5) is 10.3. The first kappa shape index (κ1) is 12.4. The number of carboxylic acid groups (broad SMARTS) is 1. The molecule has 6 heteroatoms. The lowest BCUT2D eigenvalue weighted by molar-refractivity contribution is -0.200. The summed E-state index contributed by atoms with van der Waals surface area (Å²) >= 11 is 0. The van der Waals surface area contributed by atoms with Crippen molar-refractivity contribution < 1.29 is 27.8 Å². The molecule has 1 aromatic carbocycles. The van der Waals surface area contributed by atoms with Crippen molar-refractivity contribution in [3.63, 3.8) is 0 Å². The number of hydrogen-bond acceptors (Lipinski definition) is 2. The second kappa shape index (κ2) is 4.87. The third kappa shape index (κ3) is 3.80. The molecule has 1 rings (SSSR count). The molecule has 0 fully saturated rings. The summed E-state index contributed by atoms with van der Waals surface area (Å²) in [6.45, 7) is 0. The van der Waals surface area contributed by atoms with E-state index in [-0.39, 0.29) is 5.75 Å². The van der Waals surface area contributed by atoms with Crippen LogP contribution in [-0.2, 0) is 4.79 Å². The molecule has 0 heterocycles. The van der Waals surface area contributed by atoms with E-state index in [0.717, 1.165) is 0 Å². The molecule has 0 saturated carbocycles. The zero-order valence-corrected chi connectivity index (χ0v) is 8.07. The second-order valence-electron chi connectivity index (χ2n) is 3.06. The lowest BCUT2D eigenvalue weighted by Crippen LogP contribution is -2.36. The predicted molar refractivity (Wildman–Crippen MR) is 49.2 cm³/mol. The van der Waals surface area contributed by atoms with Gasteiger partial charge in [0.15, 0.2) is 0 Å². The molecule has 1 N–H and O–H groups in total. The summed E-state index contributed by atoms with van der Waals surface area (Å²) in [5.41, 5.74) is 0. The topological polar surface area (TPSA) is 46.5 Å². The van der Waals surface area contributed by atoms with Crippen LogP contribution in [0.2, 0.25) is 0 Å². The number of ether oxygens (including phenoxy) is 1. The highest BCUT2D eigenvalue weighted by atomic mass is 19.4. The Hall–Kier alpha value is -1.72. The van der Waals surface area contributed by atoms with Crippen LogP contribution in [0.4, 0.5) is 13.2 Å². The Morgan fingerprint density at radius 1 is 1.31 bits per heavy atom. The van der Waals surface area contributed by atoms with E-state index in [1.165, 1.54) is 24.3 Å². The van der Waals surface area contributed by atoms with Crippen LogP contribution in [0.15, 0.2) is 30.3 Å². The van der Waals surface area contributed by atoms with Crippen LogP contribution in [0.25, 0.3) is 0 Å². The summed E-state index contributed by atoms with van der Waals surface area (Å²) in [5, 5.41) is 8.35. The van der Waals surface area contributed by atoms with Gasteiger partial charge in [0.05, 0.1) is 6.42 Å². The standard InChI is InChI=1S/C10H9F3O3/c11-10(12,13)8(6-9(14)15)16-7-4-2-1-3-5-7/h1-5,8H,6H2,(H,14,15). The summed E-state index contributed by atoms with van der Waals surface area (Å²) in [6, 6.07) is 7.29. The van der Waals surface area contributed by atoms with Crippen LogP contribution < -0.4 is 4.74 Å². The van der Waals surface area contributed by atoms with Crippen molar-refractivity contribution in [2.75, 3.05) is 0 Å². The third-order valence-corrected chi connectivity index (χ3v) is 1.75. The van der Waals surface area contributed by atoms with Gasteiger partial charge in [0.25, 0.3) is 0 Å². The van der Waals surface area contributed by atoms with Gasteiger partial charge in [-0.3, -0.25) is 4.79 Å². The smallest absolute Gasteiger partial charge is 0.425 e.